The highest BCUT2D eigenvalue weighted by Crippen LogP contribution is 2.29. The minimum atomic E-state index is 0.193. The summed E-state index contributed by atoms with van der Waals surface area (Å²) in [6, 6.07) is 5.80. The Morgan fingerprint density at radius 1 is 1.56 bits per heavy atom. The Balaban J connectivity index is 2.29. The highest BCUT2D eigenvalue weighted by atomic mass is 32.2. The van der Waals surface area contributed by atoms with Crippen LogP contribution in [0.25, 0.3) is 0 Å². The minimum absolute atomic E-state index is 0.193. The van der Waals surface area contributed by atoms with E-state index in [0.717, 1.165) is 30.8 Å². The molecular weight excluding hydrogens is 220 g/mol. The highest BCUT2D eigenvalue weighted by molar-refractivity contribution is 7.99. The van der Waals surface area contributed by atoms with E-state index in [1.54, 1.807) is 11.8 Å². The zero-order valence-corrected chi connectivity index (χ0v) is 10.2. The van der Waals surface area contributed by atoms with Crippen molar-refractivity contribution in [1.82, 2.24) is 0 Å². The van der Waals surface area contributed by atoms with Gasteiger partial charge in [0.2, 0.25) is 5.91 Å². The first kappa shape index (κ1) is 11.3. The summed E-state index contributed by atoms with van der Waals surface area (Å²) in [5, 5.41) is 0. The lowest BCUT2D eigenvalue weighted by Gasteiger charge is -2.29. The predicted octanol–water partition coefficient (Wildman–Crippen LogP) is 1.91. The maximum atomic E-state index is 11.9. The van der Waals surface area contributed by atoms with E-state index in [0.29, 0.717) is 5.75 Å². The standard InChI is InChI=1S/C12H16N2OS/c1-16-8-12(15)14-6-2-3-9-7-10(13)4-5-11(9)14/h4-5,7H,2-3,6,8,13H2,1H3. The second-order valence-corrected chi connectivity index (χ2v) is 4.84. The number of anilines is 2. The van der Waals surface area contributed by atoms with Gasteiger partial charge in [0.25, 0.3) is 0 Å². The molecule has 1 aromatic rings. The molecule has 0 fully saturated rings. The van der Waals surface area contributed by atoms with E-state index < -0.39 is 0 Å². The summed E-state index contributed by atoms with van der Waals surface area (Å²) in [6.07, 6.45) is 3.99. The van der Waals surface area contributed by atoms with Crippen molar-refractivity contribution in [3.63, 3.8) is 0 Å². The van der Waals surface area contributed by atoms with Gasteiger partial charge in [0.05, 0.1) is 5.75 Å². The molecular formula is C12H16N2OS. The van der Waals surface area contributed by atoms with Crippen molar-refractivity contribution < 1.29 is 4.79 Å². The van der Waals surface area contributed by atoms with Gasteiger partial charge in [-0.3, -0.25) is 4.79 Å². The van der Waals surface area contributed by atoms with E-state index in [-0.39, 0.29) is 5.91 Å². The van der Waals surface area contributed by atoms with Crippen molar-refractivity contribution in [3.05, 3.63) is 23.8 Å². The first-order chi connectivity index (χ1) is 7.72. The third-order valence-electron chi connectivity index (χ3n) is 2.79. The molecule has 0 aromatic heterocycles. The van der Waals surface area contributed by atoms with Crippen LogP contribution < -0.4 is 10.6 Å². The second kappa shape index (κ2) is 4.78. The molecule has 16 heavy (non-hydrogen) atoms. The fraction of sp³-hybridized carbons (Fsp3) is 0.417. The van der Waals surface area contributed by atoms with Crippen LogP contribution in [0.2, 0.25) is 0 Å². The topological polar surface area (TPSA) is 46.3 Å². The van der Waals surface area contributed by atoms with Crippen LogP contribution in [0.15, 0.2) is 18.2 Å². The number of benzene rings is 1. The number of nitrogen functional groups attached to an aromatic ring is 1. The molecule has 2 rings (SSSR count). The lowest BCUT2D eigenvalue weighted by Crippen LogP contribution is -2.36. The van der Waals surface area contributed by atoms with Crippen molar-refractivity contribution in [2.75, 3.05) is 29.2 Å². The Kier molecular flexibility index (Phi) is 3.39. The largest absolute Gasteiger partial charge is 0.399 e. The number of fused-ring (bicyclic) bond motifs is 1. The second-order valence-electron chi connectivity index (χ2n) is 3.97. The van der Waals surface area contributed by atoms with Gasteiger partial charge >= 0.3 is 0 Å². The zero-order valence-electron chi connectivity index (χ0n) is 9.40. The van der Waals surface area contributed by atoms with Crippen LogP contribution in [-0.2, 0) is 11.2 Å². The lowest BCUT2D eigenvalue weighted by molar-refractivity contribution is -0.116. The molecule has 0 bridgehead atoms. The minimum Gasteiger partial charge on any atom is -0.399 e. The number of nitrogens with zero attached hydrogens (tertiary/aromatic N) is 1. The quantitative estimate of drug-likeness (QED) is 0.798. The van der Waals surface area contributed by atoms with E-state index in [1.165, 1.54) is 5.56 Å². The van der Waals surface area contributed by atoms with Gasteiger partial charge in [-0.25, -0.2) is 0 Å². The molecule has 4 heteroatoms. The summed E-state index contributed by atoms with van der Waals surface area (Å²) in [5.41, 5.74) is 8.77. The Hall–Kier alpha value is -1.16. The van der Waals surface area contributed by atoms with Crippen LogP contribution in [-0.4, -0.2) is 24.5 Å². The number of nitrogens with two attached hydrogens (primary N) is 1. The smallest absolute Gasteiger partial charge is 0.236 e. The van der Waals surface area contributed by atoms with Gasteiger partial charge < -0.3 is 10.6 Å². The van der Waals surface area contributed by atoms with Crippen LogP contribution in [0.3, 0.4) is 0 Å². The Labute approximate surface area is 100.0 Å². The fourth-order valence-corrected chi connectivity index (χ4v) is 2.48. The van der Waals surface area contributed by atoms with Crippen LogP contribution >= 0.6 is 11.8 Å². The van der Waals surface area contributed by atoms with Crippen molar-refractivity contribution >= 4 is 29.0 Å². The monoisotopic (exact) mass is 236 g/mol. The molecule has 1 amide bonds. The molecule has 0 radical (unpaired) electrons. The third kappa shape index (κ3) is 2.16. The molecule has 0 saturated carbocycles. The van der Waals surface area contributed by atoms with Gasteiger partial charge in [-0.05, 0) is 42.9 Å². The molecule has 0 unspecified atom stereocenters. The first-order valence-corrected chi connectivity index (χ1v) is 6.79. The maximum absolute atomic E-state index is 11.9. The molecule has 0 spiro atoms. The number of aryl methyl sites for hydroxylation is 1. The fourth-order valence-electron chi connectivity index (χ4n) is 2.08. The number of amides is 1. The summed E-state index contributed by atoms with van der Waals surface area (Å²) in [4.78, 5) is 13.8. The van der Waals surface area contributed by atoms with Crippen LogP contribution in [0.4, 0.5) is 11.4 Å². The molecule has 1 aliphatic heterocycles. The predicted molar refractivity (Wildman–Crippen MR) is 69.9 cm³/mol. The van der Waals surface area contributed by atoms with Gasteiger partial charge in [0.1, 0.15) is 0 Å². The van der Waals surface area contributed by atoms with Gasteiger partial charge in [-0.15, -0.1) is 0 Å². The number of carbonyl (C=O) groups excluding carboxylic acids is 1. The lowest BCUT2D eigenvalue weighted by atomic mass is 10.0. The maximum Gasteiger partial charge on any atom is 0.236 e. The highest BCUT2D eigenvalue weighted by Gasteiger charge is 2.21. The molecule has 0 atom stereocenters. The molecule has 2 N–H and O–H groups in total. The van der Waals surface area contributed by atoms with Crippen molar-refractivity contribution in [2.45, 2.75) is 12.8 Å². The van der Waals surface area contributed by atoms with Crippen molar-refractivity contribution in [2.24, 2.45) is 0 Å². The number of rotatable bonds is 2. The third-order valence-corrected chi connectivity index (χ3v) is 3.33. The Bertz CT molecular complexity index is 406. The first-order valence-electron chi connectivity index (χ1n) is 5.40. The molecule has 0 saturated heterocycles. The average Bonchev–Trinajstić information content (AvgIpc) is 2.28. The van der Waals surface area contributed by atoms with Gasteiger partial charge in [-0.2, -0.15) is 11.8 Å². The van der Waals surface area contributed by atoms with E-state index in [4.69, 9.17) is 5.73 Å². The van der Waals surface area contributed by atoms with Gasteiger partial charge in [0.15, 0.2) is 0 Å². The Morgan fingerprint density at radius 3 is 3.12 bits per heavy atom. The molecule has 1 heterocycles. The summed E-state index contributed by atoms with van der Waals surface area (Å²) >= 11 is 1.57. The summed E-state index contributed by atoms with van der Waals surface area (Å²) in [7, 11) is 0. The van der Waals surface area contributed by atoms with Gasteiger partial charge in [-0.1, -0.05) is 0 Å². The molecule has 1 aliphatic rings. The molecule has 3 nitrogen and oxygen atoms in total. The zero-order chi connectivity index (χ0) is 11.5. The van der Waals surface area contributed by atoms with Crippen LogP contribution in [0, 0.1) is 0 Å². The van der Waals surface area contributed by atoms with Crippen molar-refractivity contribution in [1.29, 1.82) is 0 Å². The number of hydrogen-bond donors (Lipinski definition) is 1. The van der Waals surface area contributed by atoms with Crippen LogP contribution in [0.1, 0.15) is 12.0 Å². The SMILES string of the molecule is CSCC(=O)N1CCCc2cc(N)ccc21. The molecule has 86 valence electrons. The summed E-state index contributed by atoms with van der Waals surface area (Å²) in [6.45, 7) is 0.830. The van der Waals surface area contributed by atoms with E-state index in [9.17, 15) is 4.79 Å². The Morgan fingerprint density at radius 2 is 2.38 bits per heavy atom. The molecule has 0 aliphatic carbocycles. The number of hydrogen-bond acceptors (Lipinski definition) is 3. The average molecular weight is 236 g/mol. The van der Waals surface area contributed by atoms with E-state index in [1.807, 2.05) is 29.4 Å². The van der Waals surface area contributed by atoms with E-state index >= 15 is 0 Å². The van der Waals surface area contributed by atoms with Crippen LogP contribution in [0.5, 0.6) is 0 Å². The summed E-state index contributed by atoms with van der Waals surface area (Å²) in [5.74, 6) is 0.738. The van der Waals surface area contributed by atoms with E-state index in [2.05, 4.69) is 0 Å². The summed E-state index contributed by atoms with van der Waals surface area (Å²) < 4.78 is 0. The number of carbonyl (C=O) groups is 1. The van der Waals surface area contributed by atoms with Gasteiger partial charge in [0, 0.05) is 17.9 Å². The number of thioether (sulfide) groups is 1. The molecule has 1 aromatic carbocycles. The normalized spacial score (nSPS) is 14.7. The van der Waals surface area contributed by atoms with Crippen molar-refractivity contribution in [3.8, 4) is 0 Å².